The van der Waals surface area contributed by atoms with E-state index in [2.05, 4.69) is 28.9 Å². The van der Waals surface area contributed by atoms with Crippen molar-refractivity contribution in [1.82, 2.24) is 9.80 Å². The molecule has 0 spiro atoms. The van der Waals surface area contributed by atoms with Crippen molar-refractivity contribution in [3.8, 4) is 5.75 Å². The van der Waals surface area contributed by atoms with Crippen LogP contribution in [0.1, 0.15) is 31.7 Å². The molecule has 0 N–H and O–H groups in total. The van der Waals surface area contributed by atoms with Gasteiger partial charge in [-0.2, -0.15) is 0 Å². The van der Waals surface area contributed by atoms with Gasteiger partial charge in [-0.3, -0.25) is 9.69 Å². The number of carbonyl (C=O) groups excluding carboxylic acids is 1. The predicted octanol–water partition coefficient (Wildman–Crippen LogP) is 2.75. The van der Waals surface area contributed by atoms with E-state index in [0.717, 1.165) is 51.5 Å². The number of hydrogen-bond donors (Lipinski definition) is 0. The average molecular weight is 318 g/mol. The van der Waals surface area contributed by atoms with E-state index in [1.54, 1.807) is 0 Å². The second kappa shape index (κ2) is 9.68. The first-order valence-corrected chi connectivity index (χ1v) is 8.83. The van der Waals surface area contributed by atoms with Crippen molar-refractivity contribution >= 4 is 5.78 Å². The van der Waals surface area contributed by atoms with E-state index in [9.17, 15) is 4.79 Å². The minimum atomic E-state index is 0.353. The molecule has 1 aliphatic heterocycles. The fourth-order valence-electron chi connectivity index (χ4n) is 2.79. The summed E-state index contributed by atoms with van der Waals surface area (Å²) in [6, 6.07) is 8.23. The van der Waals surface area contributed by atoms with Crippen molar-refractivity contribution in [3.63, 3.8) is 0 Å². The molecule has 0 saturated carbocycles. The van der Waals surface area contributed by atoms with Crippen molar-refractivity contribution in [2.24, 2.45) is 0 Å². The number of ether oxygens (including phenoxy) is 1. The van der Waals surface area contributed by atoms with Crippen molar-refractivity contribution in [1.29, 1.82) is 0 Å². The molecular weight excluding hydrogens is 288 g/mol. The van der Waals surface area contributed by atoms with Crippen LogP contribution in [0.5, 0.6) is 5.75 Å². The zero-order valence-electron chi connectivity index (χ0n) is 14.6. The van der Waals surface area contributed by atoms with E-state index >= 15 is 0 Å². The van der Waals surface area contributed by atoms with Crippen LogP contribution in [0.15, 0.2) is 24.3 Å². The smallest absolute Gasteiger partial charge is 0.146 e. The highest BCUT2D eigenvalue weighted by Gasteiger charge is 2.17. The van der Waals surface area contributed by atoms with Gasteiger partial charge >= 0.3 is 0 Å². The van der Waals surface area contributed by atoms with Gasteiger partial charge in [0.15, 0.2) is 0 Å². The first kappa shape index (κ1) is 18.0. The SMILES string of the molecule is CCC(=O)CN1CCN(CCCCOc2ccc(C)cc2)CC1. The van der Waals surface area contributed by atoms with Gasteiger partial charge in [-0.1, -0.05) is 24.6 Å². The molecule has 4 nitrogen and oxygen atoms in total. The number of hydrogen-bond acceptors (Lipinski definition) is 4. The summed E-state index contributed by atoms with van der Waals surface area (Å²) in [5.41, 5.74) is 1.26. The predicted molar refractivity (Wildman–Crippen MR) is 94.1 cm³/mol. The van der Waals surface area contributed by atoms with Crippen LogP contribution in [-0.2, 0) is 4.79 Å². The summed E-state index contributed by atoms with van der Waals surface area (Å²) in [6.45, 7) is 10.8. The number of benzene rings is 1. The van der Waals surface area contributed by atoms with E-state index < -0.39 is 0 Å². The average Bonchev–Trinajstić information content (AvgIpc) is 2.57. The zero-order valence-corrected chi connectivity index (χ0v) is 14.6. The van der Waals surface area contributed by atoms with Gasteiger partial charge in [0.1, 0.15) is 11.5 Å². The molecule has 0 bridgehead atoms. The molecule has 2 rings (SSSR count). The van der Waals surface area contributed by atoms with E-state index in [-0.39, 0.29) is 0 Å². The van der Waals surface area contributed by atoms with Crippen molar-refractivity contribution in [2.45, 2.75) is 33.1 Å². The summed E-state index contributed by atoms with van der Waals surface area (Å²) in [7, 11) is 0. The molecular formula is C19H30N2O2. The first-order chi connectivity index (χ1) is 11.2. The Morgan fingerprint density at radius 3 is 2.35 bits per heavy atom. The highest BCUT2D eigenvalue weighted by atomic mass is 16.5. The largest absolute Gasteiger partial charge is 0.494 e. The fourth-order valence-corrected chi connectivity index (χ4v) is 2.79. The summed E-state index contributed by atoms with van der Waals surface area (Å²) >= 11 is 0. The second-order valence-electron chi connectivity index (χ2n) is 6.38. The fraction of sp³-hybridized carbons (Fsp3) is 0.632. The number of aryl methyl sites for hydroxylation is 1. The van der Waals surface area contributed by atoms with Gasteiger partial charge in [-0.25, -0.2) is 0 Å². The molecule has 0 radical (unpaired) electrons. The second-order valence-corrected chi connectivity index (χ2v) is 6.38. The number of ketones is 1. The standard InChI is InChI=1S/C19H30N2O2/c1-3-18(22)16-21-13-11-20(12-14-21)10-4-5-15-23-19-8-6-17(2)7-9-19/h6-9H,3-5,10-16H2,1-2H3. The van der Waals surface area contributed by atoms with Crippen LogP contribution in [0, 0.1) is 6.92 Å². The minimum absolute atomic E-state index is 0.353. The quantitative estimate of drug-likeness (QED) is 0.656. The van der Waals surface area contributed by atoms with Gasteiger partial charge in [-0.15, -0.1) is 0 Å². The molecule has 0 unspecified atom stereocenters. The number of nitrogens with zero attached hydrogens (tertiary/aromatic N) is 2. The van der Waals surface area contributed by atoms with E-state index in [0.29, 0.717) is 18.7 Å². The van der Waals surface area contributed by atoms with E-state index in [4.69, 9.17) is 4.74 Å². The van der Waals surface area contributed by atoms with Crippen LogP contribution in [0.3, 0.4) is 0 Å². The molecule has 1 aromatic carbocycles. The lowest BCUT2D eigenvalue weighted by atomic mass is 10.2. The number of carbonyl (C=O) groups is 1. The van der Waals surface area contributed by atoms with Crippen LogP contribution in [0.2, 0.25) is 0 Å². The summed E-state index contributed by atoms with van der Waals surface area (Å²) < 4.78 is 5.76. The minimum Gasteiger partial charge on any atom is -0.494 e. The zero-order chi connectivity index (χ0) is 16.5. The topological polar surface area (TPSA) is 32.8 Å². The molecule has 23 heavy (non-hydrogen) atoms. The summed E-state index contributed by atoms with van der Waals surface area (Å²) in [4.78, 5) is 16.3. The Morgan fingerprint density at radius 2 is 1.70 bits per heavy atom. The van der Waals surface area contributed by atoms with Crippen molar-refractivity contribution < 1.29 is 9.53 Å². The van der Waals surface area contributed by atoms with Crippen LogP contribution in [0.25, 0.3) is 0 Å². The highest BCUT2D eigenvalue weighted by Crippen LogP contribution is 2.12. The van der Waals surface area contributed by atoms with Gasteiger partial charge < -0.3 is 9.64 Å². The lowest BCUT2D eigenvalue weighted by molar-refractivity contribution is -0.120. The Labute approximate surface area is 140 Å². The van der Waals surface area contributed by atoms with Crippen molar-refractivity contribution in [3.05, 3.63) is 29.8 Å². The van der Waals surface area contributed by atoms with Gasteiger partial charge in [-0.05, 0) is 38.4 Å². The van der Waals surface area contributed by atoms with E-state index in [1.807, 2.05) is 19.1 Å². The molecule has 0 aromatic heterocycles. The third-order valence-electron chi connectivity index (χ3n) is 4.42. The molecule has 1 heterocycles. The monoisotopic (exact) mass is 318 g/mol. The Balaban J connectivity index is 1.52. The maximum absolute atomic E-state index is 11.5. The molecule has 1 aromatic rings. The lowest BCUT2D eigenvalue weighted by Gasteiger charge is -2.34. The molecule has 1 fully saturated rings. The van der Waals surface area contributed by atoms with Crippen LogP contribution >= 0.6 is 0 Å². The van der Waals surface area contributed by atoms with Crippen LogP contribution in [0.4, 0.5) is 0 Å². The normalized spacial score (nSPS) is 16.4. The lowest BCUT2D eigenvalue weighted by Crippen LogP contribution is -2.48. The molecule has 0 amide bonds. The maximum Gasteiger partial charge on any atom is 0.146 e. The third kappa shape index (κ3) is 6.71. The molecule has 1 aliphatic rings. The third-order valence-corrected chi connectivity index (χ3v) is 4.42. The summed E-state index contributed by atoms with van der Waals surface area (Å²) in [5, 5.41) is 0. The number of rotatable bonds is 9. The van der Waals surface area contributed by atoms with Crippen LogP contribution < -0.4 is 4.74 Å². The summed E-state index contributed by atoms with van der Waals surface area (Å²) in [5.74, 6) is 1.32. The highest BCUT2D eigenvalue weighted by molar-refractivity contribution is 5.80. The molecule has 4 heteroatoms. The maximum atomic E-state index is 11.5. The first-order valence-electron chi connectivity index (χ1n) is 8.83. The number of Topliss-reactive ketones (excluding diaryl/α,β-unsaturated/α-hetero) is 1. The van der Waals surface area contributed by atoms with Gasteiger partial charge in [0.05, 0.1) is 13.2 Å². The molecule has 0 aliphatic carbocycles. The Morgan fingerprint density at radius 1 is 1.04 bits per heavy atom. The van der Waals surface area contributed by atoms with Gasteiger partial charge in [0.2, 0.25) is 0 Å². The van der Waals surface area contributed by atoms with Gasteiger partial charge in [0.25, 0.3) is 0 Å². The van der Waals surface area contributed by atoms with Crippen molar-refractivity contribution in [2.75, 3.05) is 45.9 Å². The summed E-state index contributed by atoms with van der Waals surface area (Å²) in [6.07, 6.45) is 2.91. The Hall–Kier alpha value is -1.39. The van der Waals surface area contributed by atoms with Crippen LogP contribution in [-0.4, -0.2) is 61.5 Å². The Kier molecular flexibility index (Phi) is 7.56. The molecule has 0 atom stereocenters. The molecule has 128 valence electrons. The number of piperazine rings is 1. The Bertz CT molecular complexity index is 465. The van der Waals surface area contributed by atoms with E-state index in [1.165, 1.54) is 12.0 Å². The number of unbranched alkanes of at least 4 members (excludes halogenated alkanes) is 1. The van der Waals surface area contributed by atoms with Gasteiger partial charge in [0, 0.05) is 32.6 Å². The molecule has 1 saturated heterocycles.